The summed E-state index contributed by atoms with van der Waals surface area (Å²) in [6, 6.07) is 5.92. The van der Waals surface area contributed by atoms with Gasteiger partial charge in [-0.3, -0.25) is 14.7 Å². The molecule has 6 nitrogen and oxygen atoms in total. The van der Waals surface area contributed by atoms with Gasteiger partial charge in [-0.2, -0.15) is 0 Å². The van der Waals surface area contributed by atoms with E-state index in [0.717, 1.165) is 53.2 Å². The molecule has 27 heavy (non-hydrogen) atoms. The number of aromatic nitrogens is 2. The molecule has 1 aliphatic rings. The third-order valence-corrected chi connectivity index (χ3v) is 5.23. The first-order valence-electron chi connectivity index (χ1n) is 9.03. The predicted molar refractivity (Wildman–Crippen MR) is 105 cm³/mol. The van der Waals surface area contributed by atoms with Gasteiger partial charge >= 0.3 is 0 Å². The summed E-state index contributed by atoms with van der Waals surface area (Å²) >= 11 is 0. The molecule has 6 heteroatoms. The largest absolute Gasteiger partial charge is 0.496 e. The van der Waals surface area contributed by atoms with Crippen LogP contribution in [0.1, 0.15) is 12.0 Å². The molecule has 3 heterocycles. The van der Waals surface area contributed by atoms with E-state index in [4.69, 9.17) is 9.47 Å². The van der Waals surface area contributed by atoms with E-state index in [0.29, 0.717) is 5.39 Å². The van der Waals surface area contributed by atoms with Gasteiger partial charge in [-0.25, -0.2) is 0 Å². The summed E-state index contributed by atoms with van der Waals surface area (Å²) in [4.78, 5) is 18.9. The first-order chi connectivity index (χ1) is 13.1. The lowest BCUT2D eigenvalue weighted by Gasteiger charge is -2.31. The second-order valence-electron chi connectivity index (χ2n) is 6.87. The van der Waals surface area contributed by atoms with Crippen molar-refractivity contribution in [2.24, 2.45) is 7.05 Å². The van der Waals surface area contributed by atoms with Crippen molar-refractivity contribution in [2.75, 3.05) is 27.3 Å². The molecule has 3 aromatic rings. The highest BCUT2D eigenvalue weighted by Crippen LogP contribution is 2.38. The zero-order valence-electron chi connectivity index (χ0n) is 15.9. The van der Waals surface area contributed by atoms with Crippen LogP contribution in [0.15, 0.2) is 41.6 Å². The van der Waals surface area contributed by atoms with Crippen molar-refractivity contribution >= 4 is 10.8 Å². The van der Waals surface area contributed by atoms with E-state index in [2.05, 4.69) is 9.88 Å². The Balaban J connectivity index is 1.91. The third-order valence-electron chi connectivity index (χ3n) is 5.23. The van der Waals surface area contributed by atoms with Crippen LogP contribution < -0.4 is 15.0 Å². The highest BCUT2D eigenvalue weighted by molar-refractivity contribution is 5.95. The fourth-order valence-electron chi connectivity index (χ4n) is 3.60. The molecular weight excluding hydrogens is 342 g/mol. The van der Waals surface area contributed by atoms with Crippen LogP contribution in [0.25, 0.3) is 21.9 Å². The summed E-state index contributed by atoms with van der Waals surface area (Å²) in [6.07, 6.45) is 6.42. The number of aryl methyl sites for hydroxylation is 1. The number of nitrogens with zero attached hydrogens (tertiary/aromatic N) is 3. The van der Waals surface area contributed by atoms with E-state index >= 15 is 0 Å². The third kappa shape index (κ3) is 3.06. The van der Waals surface area contributed by atoms with Crippen LogP contribution in [0.2, 0.25) is 0 Å². The van der Waals surface area contributed by atoms with Crippen molar-refractivity contribution in [3.8, 4) is 22.6 Å². The maximum atomic E-state index is 12.4. The zero-order valence-corrected chi connectivity index (χ0v) is 15.9. The molecule has 0 spiro atoms. The van der Waals surface area contributed by atoms with Gasteiger partial charge in [0, 0.05) is 37.7 Å². The number of ether oxygens (including phenoxy) is 2. The number of hydrogen-bond donors (Lipinski definition) is 0. The SMILES string of the molecule is COc1cc(-c2cn(C)c(=O)c3cnccc23)cc(OC)c1CN1CCC1. The Hall–Kier alpha value is -2.86. The van der Waals surface area contributed by atoms with Crippen LogP contribution in [0.4, 0.5) is 0 Å². The molecule has 1 aliphatic heterocycles. The molecule has 1 aromatic carbocycles. The molecule has 0 bridgehead atoms. The number of methoxy groups -OCH3 is 2. The maximum Gasteiger partial charge on any atom is 0.259 e. The van der Waals surface area contributed by atoms with Gasteiger partial charge in [0.05, 0.1) is 25.2 Å². The molecule has 0 radical (unpaired) electrons. The average Bonchev–Trinajstić information content (AvgIpc) is 2.67. The van der Waals surface area contributed by atoms with Gasteiger partial charge in [0.25, 0.3) is 5.56 Å². The molecule has 1 fully saturated rings. The molecule has 0 saturated carbocycles. The molecule has 1 saturated heterocycles. The number of hydrogen-bond acceptors (Lipinski definition) is 5. The van der Waals surface area contributed by atoms with Crippen molar-refractivity contribution in [2.45, 2.75) is 13.0 Å². The standard InChI is InChI=1S/C21H23N3O3/c1-23-12-17(15-5-6-22-11-16(15)21(23)25)14-9-19(26-2)18(20(10-14)27-3)13-24-7-4-8-24/h5-6,9-12H,4,7-8,13H2,1-3H3. The predicted octanol–water partition coefficient (Wildman–Crippen LogP) is 2.82. The van der Waals surface area contributed by atoms with E-state index in [9.17, 15) is 4.79 Å². The fourth-order valence-corrected chi connectivity index (χ4v) is 3.60. The average molecular weight is 365 g/mol. The lowest BCUT2D eigenvalue weighted by Crippen LogP contribution is -2.36. The Labute approximate surface area is 158 Å². The summed E-state index contributed by atoms with van der Waals surface area (Å²) < 4.78 is 13.0. The van der Waals surface area contributed by atoms with Crippen molar-refractivity contribution < 1.29 is 9.47 Å². The Morgan fingerprint density at radius 3 is 2.41 bits per heavy atom. The lowest BCUT2D eigenvalue weighted by molar-refractivity contribution is 0.168. The second kappa shape index (κ2) is 7.04. The Bertz CT molecular complexity index is 1030. The maximum absolute atomic E-state index is 12.4. The topological polar surface area (TPSA) is 56.6 Å². The van der Waals surface area contributed by atoms with Gasteiger partial charge in [-0.1, -0.05) is 0 Å². The van der Waals surface area contributed by atoms with Crippen molar-refractivity contribution in [1.29, 1.82) is 0 Å². The molecule has 140 valence electrons. The van der Waals surface area contributed by atoms with Crippen molar-refractivity contribution in [3.05, 3.63) is 52.7 Å². The minimum Gasteiger partial charge on any atom is -0.496 e. The minimum absolute atomic E-state index is 0.0600. The Morgan fingerprint density at radius 1 is 1.11 bits per heavy atom. The van der Waals surface area contributed by atoms with E-state index in [-0.39, 0.29) is 5.56 Å². The number of fused-ring (bicyclic) bond motifs is 1. The highest BCUT2D eigenvalue weighted by Gasteiger charge is 2.21. The van der Waals surface area contributed by atoms with E-state index in [1.807, 2.05) is 24.4 Å². The molecule has 0 N–H and O–H groups in total. The van der Waals surface area contributed by atoms with Crippen LogP contribution in [0, 0.1) is 0 Å². The van der Waals surface area contributed by atoms with Crippen LogP contribution in [0.3, 0.4) is 0 Å². The van der Waals surface area contributed by atoms with Gasteiger partial charge in [0.1, 0.15) is 11.5 Å². The van der Waals surface area contributed by atoms with Gasteiger partial charge in [-0.15, -0.1) is 0 Å². The molecule has 4 rings (SSSR count). The normalized spacial score (nSPS) is 14.2. The molecule has 2 aromatic heterocycles. The van der Waals surface area contributed by atoms with Gasteiger partial charge in [-0.05, 0) is 48.7 Å². The smallest absolute Gasteiger partial charge is 0.259 e. The molecule has 0 amide bonds. The first-order valence-corrected chi connectivity index (χ1v) is 9.03. The van der Waals surface area contributed by atoms with Crippen LogP contribution in [0.5, 0.6) is 11.5 Å². The van der Waals surface area contributed by atoms with Crippen LogP contribution in [-0.4, -0.2) is 41.8 Å². The van der Waals surface area contributed by atoms with E-state index < -0.39 is 0 Å². The van der Waals surface area contributed by atoms with Gasteiger partial charge in [0.2, 0.25) is 0 Å². The number of likely N-dealkylation sites (tertiary alicyclic amines) is 1. The zero-order chi connectivity index (χ0) is 19.0. The Morgan fingerprint density at radius 2 is 1.81 bits per heavy atom. The summed E-state index contributed by atoms with van der Waals surface area (Å²) in [7, 11) is 5.12. The van der Waals surface area contributed by atoms with Crippen LogP contribution >= 0.6 is 0 Å². The summed E-state index contributed by atoms with van der Waals surface area (Å²) in [5, 5.41) is 1.47. The quantitative estimate of drug-likeness (QED) is 0.696. The monoisotopic (exact) mass is 365 g/mol. The Kier molecular flexibility index (Phi) is 4.58. The highest BCUT2D eigenvalue weighted by atomic mass is 16.5. The van der Waals surface area contributed by atoms with Crippen LogP contribution in [-0.2, 0) is 13.6 Å². The van der Waals surface area contributed by atoms with Crippen molar-refractivity contribution in [3.63, 3.8) is 0 Å². The number of rotatable bonds is 5. The minimum atomic E-state index is -0.0600. The summed E-state index contributed by atoms with van der Waals surface area (Å²) in [6.45, 7) is 3.02. The van der Waals surface area contributed by atoms with E-state index in [1.54, 1.807) is 38.2 Å². The van der Waals surface area contributed by atoms with Gasteiger partial charge < -0.3 is 14.0 Å². The molecule has 0 atom stereocenters. The first kappa shape index (κ1) is 17.5. The molecule has 0 aliphatic carbocycles. The number of benzene rings is 1. The summed E-state index contributed by atoms with van der Waals surface area (Å²) in [5.74, 6) is 1.60. The lowest BCUT2D eigenvalue weighted by atomic mass is 9.98. The second-order valence-corrected chi connectivity index (χ2v) is 6.87. The summed E-state index contributed by atoms with van der Waals surface area (Å²) in [5.41, 5.74) is 2.89. The fraction of sp³-hybridized carbons (Fsp3) is 0.333. The molecule has 0 unspecified atom stereocenters. The van der Waals surface area contributed by atoms with E-state index in [1.165, 1.54) is 6.42 Å². The van der Waals surface area contributed by atoms with Gasteiger partial charge in [0.15, 0.2) is 0 Å². The molecular formula is C21H23N3O3. The van der Waals surface area contributed by atoms with Crippen molar-refractivity contribution in [1.82, 2.24) is 14.5 Å². The number of pyridine rings is 2.